The van der Waals surface area contributed by atoms with E-state index in [1.807, 2.05) is 19.9 Å². The van der Waals surface area contributed by atoms with Crippen LogP contribution in [0.15, 0.2) is 30.3 Å². The Hall–Kier alpha value is -1.74. The summed E-state index contributed by atoms with van der Waals surface area (Å²) in [6, 6.07) is 8.94. The highest BCUT2D eigenvalue weighted by Crippen LogP contribution is 2.25. The van der Waals surface area contributed by atoms with Crippen molar-refractivity contribution in [2.45, 2.75) is 40.2 Å². The molecule has 0 atom stereocenters. The van der Waals surface area contributed by atoms with E-state index in [0.29, 0.717) is 10.8 Å². The summed E-state index contributed by atoms with van der Waals surface area (Å²) >= 11 is 5.83. The molecule has 0 bridgehead atoms. The Morgan fingerprint density at radius 1 is 1.18 bits per heavy atom. The zero-order valence-electron chi connectivity index (χ0n) is 13.7. The van der Waals surface area contributed by atoms with Gasteiger partial charge in [0, 0.05) is 27.5 Å². The van der Waals surface area contributed by atoms with E-state index in [0.717, 1.165) is 17.0 Å². The van der Waals surface area contributed by atoms with Crippen molar-refractivity contribution in [2.24, 2.45) is 0 Å². The maximum atomic E-state index is 12.4. The van der Waals surface area contributed by atoms with Crippen LogP contribution in [0.4, 0.5) is 0 Å². The largest absolute Gasteiger partial charge is 0.485 e. The third-order valence-corrected chi connectivity index (χ3v) is 3.84. The molecule has 2 rings (SSSR count). The molecule has 0 saturated carbocycles. The van der Waals surface area contributed by atoms with E-state index in [4.69, 9.17) is 16.3 Å². The van der Waals surface area contributed by atoms with Gasteiger partial charge in [0.25, 0.3) is 0 Å². The van der Waals surface area contributed by atoms with Gasteiger partial charge in [-0.3, -0.25) is 4.79 Å². The summed E-state index contributed by atoms with van der Waals surface area (Å²) in [5, 5.41) is 0.646. The van der Waals surface area contributed by atoms with E-state index >= 15 is 0 Å². The average Bonchev–Trinajstić information content (AvgIpc) is 2.72. The number of ether oxygens (including phenoxy) is 1. The summed E-state index contributed by atoms with van der Waals surface area (Å²) in [4.78, 5) is 12.4. The lowest BCUT2D eigenvalue weighted by molar-refractivity contribution is 0.0920. The van der Waals surface area contributed by atoms with Crippen molar-refractivity contribution in [1.82, 2.24) is 4.57 Å². The van der Waals surface area contributed by atoms with Gasteiger partial charge in [-0.2, -0.15) is 0 Å². The van der Waals surface area contributed by atoms with E-state index < -0.39 is 0 Å². The number of rotatable bonds is 4. The van der Waals surface area contributed by atoms with Gasteiger partial charge >= 0.3 is 0 Å². The van der Waals surface area contributed by atoms with Crippen molar-refractivity contribution in [3.63, 3.8) is 0 Å². The molecule has 0 fully saturated rings. The lowest BCUT2D eigenvalue weighted by Gasteiger charge is -2.25. The summed E-state index contributed by atoms with van der Waals surface area (Å²) in [6.07, 6.45) is 0. The summed E-state index contributed by atoms with van der Waals surface area (Å²) in [5.74, 6) is 0.626. The molecule has 0 N–H and O–H groups in total. The van der Waals surface area contributed by atoms with Gasteiger partial charge in [0.05, 0.1) is 0 Å². The molecule has 0 aliphatic rings. The summed E-state index contributed by atoms with van der Waals surface area (Å²) in [6.45, 7) is 10.4. The normalized spacial score (nSPS) is 11.5. The monoisotopic (exact) mass is 319 g/mol. The lowest BCUT2D eigenvalue weighted by atomic mass is 10.1. The SMILES string of the molecule is Cc1cc(C(=O)COc2ccc(Cl)cc2)c(C)n1C(C)(C)C. The fourth-order valence-electron chi connectivity index (χ4n) is 2.83. The summed E-state index contributed by atoms with van der Waals surface area (Å²) in [7, 11) is 0. The minimum Gasteiger partial charge on any atom is -0.485 e. The second-order valence-corrected chi connectivity index (χ2v) is 6.89. The standard InChI is InChI=1S/C18H22ClNO2/c1-12-10-16(13(2)20(12)18(3,4)5)17(21)11-22-15-8-6-14(19)7-9-15/h6-10H,11H2,1-5H3. The third kappa shape index (κ3) is 3.53. The molecule has 22 heavy (non-hydrogen) atoms. The number of carbonyl (C=O) groups is 1. The zero-order chi connectivity index (χ0) is 16.5. The van der Waals surface area contributed by atoms with Crippen LogP contribution >= 0.6 is 11.6 Å². The number of carbonyl (C=O) groups excluding carboxylic acids is 1. The van der Waals surface area contributed by atoms with E-state index in [9.17, 15) is 4.79 Å². The second-order valence-electron chi connectivity index (χ2n) is 6.46. The van der Waals surface area contributed by atoms with E-state index in [1.165, 1.54) is 0 Å². The van der Waals surface area contributed by atoms with Gasteiger partial charge in [-0.15, -0.1) is 0 Å². The number of nitrogens with zero attached hydrogens (tertiary/aromatic N) is 1. The summed E-state index contributed by atoms with van der Waals surface area (Å²) in [5.41, 5.74) is 2.74. The van der Waals surface area contributed by atoms with Gasteiger partial charge in [0.15, 0.2) is 6.61 Å². The number of hydrogen-bond acceptors (Lipinski definition) is 2. The molecule has 0 saturated heterocycles. The van der Waals surface area contributed by atoms with Crippen LogP contribution in [0.2, 0.25) is 5.02 Å². The van der Waals surface area contributed by atoms with Gasteiger partial charge < -0.3 is 9.30 Å². The molecule has 2 aromatic rings. The van der Waals surface area contributed by atoms with Crippen LogP contribution in [0.25, 0.3) is 0 Å². The van der Waals surface area contributed by atoms with Crippen molar-refractivity contribution < 1.29 is 9.53 Å². The Morgan fingerprint density at radius 3 is 2.27 bits per heavy atom. The number of hydrogen-bond donors (Lipinski definition) is 0. The van der Waals surface area contributed by atoms with E-state index in [2.05, 4.69) is 25.3 Å². The first kappa shape index (κ1) is 16.6. The first-order valence-corrected chi connectivity index (χ1v) is 7.69. The van der Waals surface area contributed by atoms with Gasteiger partial charge in [-0.25, -0.2) is 0 Å². The van der Waals surface area contributed by atoms with Crippen molar-refractivity contribution in [3.8, 4) is 5.75 Å². The van der Waals surface area contributed by atoms with Gasteiger partial charge in [-0.1, -0.05) is 11.6 Å². The van der Waals surface area contributed by atoms with Crippen LogP contribution in [-0.2, 0) is 5.54 Å². The Morgan fingerprint density at radius 2 is 1.77 bits per heavy atom. The quantitative estimate of drug-likeness (QED) is 0.760. The molecule has 0 spiro atoms. The predicted molar refractivity (Wildman–Crippen MR) is 90.2 cm³/mol. The molecular formula is C18H22ClNO2. The number of ketones is 1. The van der Waals surface area contributed by atoms with Gasteiger partial charge in [0.2, 0.25) is 5.78 Å². The molecule has 1 heterocycles. The Kier molecular flexibility index (Phi) is 4.66. The molecule has 3 nitrogen and oxygen atoms in total. The Balaban J connectivity index is 2.15. The number of aromatic nitrogens is 1. The van der Waals surface area contributed by atoms with Crippen LogP contribution in [0.3, 0.4) is 0 Å². The predicted octanol–water partition coefficient (Wildman–Crippen LogP) is 4.78. The topological polar surface area (TPSA) is 31.2 Å². The highest BCUT2D eigenvalue weighted by Gasteiger charge is 2.22. The van der Waals surface area contributed by atoms with E-state index in [-0.39, 0.29) is 17.9 Å². The molecular weight excluding hydrogens is 298 g/mol. The highest BCUT2D eigenvalue weighted by atomic mass is 35.5. The number of Topliss-reactive ketones (excluding diaryl/α,β-unsaturated/α-hetero) is 1. The first-order chi connectivity index (χ1) is 10.2. The maximum absolute atomic E-state index is 12.4. The molecule has 118 valence electrons. The molecule has 0 amide bonds. The third-order valence-electron chi connectivity index (χ3n) is 3.59. The average molecular weight is 320 g/mol. The zero-order valence-corrected chi connectivity index (χ0v) is 14.5. The van der Waals surface area contributed by atoms with Crippen LogP contribution in [0, 0.1) is 13.8 Å². The van der Waals surface area contributed by atoms with Crippen LogP contribution in [-0.4, -0.2) is 17.0 Å². The smallest absolute Gasteiger partial charge is 0.202 e. The highest BCUT2D eigenvalue weighted by molar-refractivity contribution is 6.30. The molecule has 1 aromatic heterocycles. The Bertz CT molecular complexity index is 678. The maximum Gasteiger partial charge on any atom is 0.202 e. The number of benzene rings is 1. The van der Waals surface area contributed by atoms with E-state index in [1.54, 1.807) is 24.3 Å². The van der Waals surface area contributed by atoms with Crippen molar-refractivity contribution in [3.05, 3.63) is 52.3 Å². The lowest BCUT2D eigenvalue weighted by Crippen LogP contribution is -2.24. The minimum atomic E-state index is -0.0519. The minimum absolute atomic E-state index is 0.0152. The van der Waals surface area contributed by atoms with Crippen molar-refractivity contribution >= 4 is 17.4 Å². The fraction of sp³-hybridized carbons (Fsp3) is 0.389. The molecule has 0 aliphatic heterocycles. The first-order valence-electron chi connectivity index (χ1n) is 7.31. The molecule has 4 heteroatoms. The fourth-order valence-corrected chi connectivity index (χ4v) is 2.96. The molecule has 0 unspecified atom stereocenters. The second kappa shape index (κ2) is 6.17. The molecule has 1 aromatic carbocycles. The van der Waals surface area contributed by atoms with Gasteiger partial charge in [-0.05, 0) is 65.0 Å². The molecule has 0 radical (unpaired) electrons. The van der Waals surface area contributed by atoms with Crippen LogP contribution in [0.1, 0.15) is 42.5 Å². The van der Waals surface area contributed by atoms with Crippen molar-refractivity contribution in [2.75, 3.05) is 6.61 Å². The molecule has 0 aliphatic carbocycles. The Labute approximate surface area is 136 Å². The van der Waals surface area contributed by atoms with Crippen LogP contribution < -0.4 is 4.74 Å². The summed E-state index contributed by atoms with van der Waals surface area (Å²) < 4.78 is 7.73. The van der Waals surface area contributed by atoms with Crippen LogP contribution in [0.5, 0.6) is 5.75 Å². The number of aryl methyl sites for hydroxylation is 1. The van der Waals surface area contributed by atoms with Crippen molar-refractivity contribution in [1.29, 1.82) is 0 Å². The number of halogens is 1. The van der Waals surface area contributed by atoms with Gasteiger partial charge in [0.1, 0.15) is 5.75 Å².